The van der Waals surface area contributed by atoms with E-state index in [0.717, 1.165) is 11.1 Å². The van der Waals surface area contributed by atoms with Crippen molar-refractivity contribution in [3.05, 3.63) is 100 Å². The zero-order chi connectivity index (χ0) is 22.5. The van der Waals surface area contributed by atoms with Crippen molar-refractivity contribution >= 4 is 11.6 Å². The van der Waals surface area contributed by atoms with Crippen LogP contribution < -0.4 is 10.1 Å². The van der Waals surface area contributed by atoms with Crippen LogP contribution in [0.5, 0.6) is 5.75 Å². The molecule has 4 aromatic rings. The first-order valence-corrected chi connectivity index (χ1v) is 9.71. The van der Waals surface area contributed by atoms with Crippen molar-refractivity contribution in [2.75, 3.05) is 7.11 Å². The maximum absolute atomic E-state index is 13.0. The Morgan fingerprint density at radius 2 is 1.75 bits per heavy atom. The van der Waals surface area contributed by atoms with E-state index in [0.29, 0.717) is 29.4 Å². The Hall–Kier alpha value is -4.53. The van der Waals surface area contributed by atoms with Gasteiger partial charge >= 0.3 is 0 Å². The molecule has 2 aromatic carbocycles. The topological polar surface area (TPSA) is 112 Å². The van der Waals surface area contributed by atoms with E-state index in [1.54, 1.807) is 37.7 Å². The van der Waals surface area contributed by atoms with Gasteiger partial charge < -0.3 is 10.1 Å². The summed E-state index contributed by atoms with van der Waals surface area (Å²) in [5, 5.41) is 18.5. The molecule has 1 amide bonds. The average molecular weight is 429 g/mol. The molecule has 0 saturated carbocycles. The molecule has 0 bridgehead atoms. The molecule has 0 radical (unpaired) electrons. The van der Waals surface area contributed by atoms with Gasteiger partial charge in [0.1, 0.15) is 11.4 Å². The van der Waals surface area contributed by atoms with Gasteiger partial charge in [0, 0.05) is 36.6 Å². The lowest BCUT2D eigenvalue weighted by Crippen LogP contribution is -2.25. The monoisotopic (exact) mass is 429 g/mol. The van der Waals surface area contributed by atoms with Gasteiger partial charge in [0.25, 0.3) is 11.6 Å². The van der Waals surface area contributed by atoms with E-state index in [1.807, 2.05) is 36.4 Å². The van der Waals surface area contributed by atoms with Gasteiger partial charge in [0.05, 0.1) is 23.4 Å². The van der Waals surface area contributed by atoms with Gasteiger partial charge in [-0.25, -0.2) is 4.68 Å². The number of benzene rings is 2. The Labute approximate surface area is 183 Å². The predicted molar refractivity (Wildman–Crippen MR) is 118 cm³/mol. The average Bonchev–Trinajstić information content (AvgIpc) is 3.29. The Kier molecular flexibility index (Phi) is 5.89. The molecule has 0 aliphatic heterocycles. The van der Waals surface area contributed by atoms with Crippen molar-refractivity contribution in [2.24, 2.45) is 0 Å². The number of non-ortho nitro benzene ring substituents is 1. The van der Waals surface area contributed by atoms with Crippen molar-refractivity contribution in [3.63, 3.8) is 0 Å². The summed E-state index contributed by atoms with van der Waals surface area (Å²) >= 11 is 0. The number of hydrogen-bond acceptors (Lipinski definition) is 6. The van der Waals surface area contributed by atoms with E-state index < -0.39 is 4.92 Å². The number of hydrogen-bond donors (Lipinski definition) is 1. The fourth-order valence-corrected chi connectivity index (χ4v) is 3.13. The van der Waals surface area contributed by atoms with Crippen molar-refractivity contribution in [3.8, 4) is 22.7 Å². The van der Waals surface area contributed by atoms with Crippen molar-refractivity contribution in [1.29, 1.82) is 0 Å². The molecule has 32 heavy (non-hydrogen) atoms. The van der Waals surface area contributed by atoms with Crippen LogP contribution in [0.15, 0.2) is 79.1 Å². The standard InChI is InChI=1S/C23H19N5O4/c1-32-20-8-2-17(3-9-20)21-14-22(23(29)25-15-16-10-12-24-13-11-16)27(26-21)18-4-6-19(7-5-18)28(30)31/h2-14H,15H2,1H3,(H,25,29). The first-order valence-electron chi connectivity index (χ1n) is 9.71. The third-order valence-corrected chi connectivity index (χ3v) is 4.84. The second-order valence-corrected chi connectivity index (χ2v) is 6.87. The molecular formula is C23H19N5O4. The molecule has 2 aromatic heterocycles. The van der Waals surface area contributed by atoms with E-state index in [1.165, 1.54) is 16.8 Å². The number of amides is 1. The van der Waals surface area contributed by atoms with Crippen molar-refractivity contribution in [1.82, 2.24) is 20.1 Å². The molecule has 4 rings (SSSR count). The summed E-state index contributed by atoms with van der Waals surface area (Å²) in [5.74, 6) is 0.381. The van der Waals surface area contributed by atoms with Crippen LogP contribution in [0.4, 0.5) is 5.69 Å². The number of ether oxygens (including phenoxy) is 1. The zero-order valence-corrected chi connectivity index (χ0v) is 17.1. The van der Waals surface area contributed by atoms with Crippen molar-refractivity contribution < 1.29 is 14.5 Å². The quantitative estimate of drug-likeness (QED) is 0.353. The number of methoxy groups -OCH3 is 1. The van der Waals surface area contributed by atoms with Gasteiger partial charge in [0.2, 0.25) is 0 Å². The molecule has 0 aliphatic carbocycles. The number of aromatic nitrogens is 3. The fourth-order valence-electron chi connectivity index (χ4n) is 3.13. The summed E-state index contributed by atoms with van der Waals surface area (Å²) < 4.78 is 6.67. The number of nitrogens with one attached hydrogen (secondary N) is 1. The summed E-state index contributed by atoms with van der Waals surface area (Å²) in [6.45, 7) is 0.324. The second-order valence-electron chi connectivity index (χ2n) is 6.87. The molecule has 9 heteroatoms. The third kappa shape index (κ3) is 4.46. The van der Waals surface area contributed by atoms with E-state index in [4.69, 9.17) is 4.74 Å². The number of pyridine rings is 1. The molecule has 2 heterocycles. The van der Waals surface area contributed by atoms with Crippen LogP contribution in [0, 0.1) is 10.1 Å². The minimum Gasteiger partial charge on any atom is -0.497 e. The summed E-state index contributed by atoms with van der Waals surface area (Å²) in [4.78, 5) is 27.5. The second kappa shape index (κ2) is 9.09. The van der Waals surface area contributed by atoms with Crippen LogP contribution in [0.1, 0.15) is 16.1 Å². The van der Waals surface area contributed by atoms with Gasteiger partial charge in [-0.1, -0.05) is 0 Å². The maximum Gasteiger partial charge on any atom is 0.270 e. The molecule has 0 atom stereocenters. The van der Waals surface area contributed by atoms with Gasteiger partial charge in [0.15, 0.2) is 0 Å². The van der Waals surface area contributed by atoms with E-state index in [-0.39, 0.29) is 11.6 Å². The Morgan fingerprint density at radius 3 is 2.38 bits per heavy atom. The third-order valence-electron chi connectivity index (χ3n) is 4.84. The van der Waals surface area contributed by atoms with Crippen LogP contribution in [-0.4, -0.2) is 32.7 Å². The highest BCUT2D eigenvalue weighted by Gasteiger charge is 2.18. The first-order chi connectivity index (χ1) is 15.5. The van der Waals surface area contributed by atoms with Crippen molar-refractivity contribution in [2.45, 2.75) is 6.54 Å². The highest BCUT2D eigenvalue weighted by Crippen LogP contribution is 2.25. The first kappa shape index (κ1) is 20.7. The highest BCUT2D eigenvalue weighted by molar-refractivity contribution is 5.94. The normalized spacial score (nSPS) is 10.5. The predicted octanol–water partition coefficient (Wildman–Crippen LogP) is 3.78. The molecule has 0 spiro atoms. The molecular weight excluding hydrogens is 410 g/mol. The lowest BCUT2D eigenvalue weighted by Gasteiger charge is -2.08. The van der Waals surface area contributed by atoms with Crippen LogP contribution >= 0.6 is 0 Å². The maximum atomic E-state index is 13.0. The van der Waals surface area contributed by atoms with E-state index >= 15 is 0 Å². The minimum absolute atomic E-state index is 0.0417. The number of nitro groups is 1. The number of rotatable bonds is 7. The lowest BCUT2D eigenvalue weighted by atomic mass is 10.1. The molecule has 1 N–H and O–H groups in total. The molecule has 9 nitrogen and oxygen atoms in total. The van der Waals surface area contributed by atoms with E-state index in [2.05, 4.69) is 15.4 Å². The van der Waals surface area contributed by atoms with Crippen LogP contribution in [0.2, 0.25) is 0 Å². The largest absolute Gasteiger partial charge is 0.497 e. The summed E-state index contributed by atoms with van der Waals surface area (Å²) in [6.07, 6.45) is 3.31. The molecule has 0 fully saturated rings. The number of carbonyl (C=O) groups is 1. The fraction of sp³-hybridized carbons (Fsp3) is 0.0870. The Morgan fingerprint density at radius 1 is 1.06 bits per heavy atom. The summed E-state index contributed by atoms with van der Waals surface area (Å²) in [6, 6.07) is 18.5. The van der Waals surface area contributed by atoms with E-state index in [9.17, 15) is 14.9 Å². The highest BCUT2D eigenvalue weighted by atomic mass is 16.6. The molecule has 0 unspecified atom stereocenters. The smallest absolute Gasteiger partial charge is 0.270 e. The van der Waals surface area contributed by atoms with Gasteiger partial charge in [-0.15, -0.1) is 0 Å². The number of carbonyl (C=O) groups excluding carboxylic acids is 1. The Balaban J connectivity index is 1.69. The zero-order valence-electron chi connectivity index (χ0n) is 17.1. The van der Waals surface area contributed by atoms with Crippen LogP contribution in [0.3, 0.4) is 0 Å². The number of nitro benzene ring substituents is 1. The van der Waals surface area contributed by atoms with Gasteiger partial charge in [-0.05, 0) is 60.2 Å². The lowest BCUT2D eigenvalue weighted by molar-refractivity contribution is -0.384. The molecule has 0 saturated heterocycles. The van der Waals surface area contributed by atoms with Crippen LogP contribution in [-0.2, 0) is 6.54 Å². The number of nitrogens with zero attached hydrogens (tertiary/aromatic N) is 4. The minimum atomic E-state index is -0.474. The van der Waals surface area contributed by atoms with Gasteiger partial charge in [-0.3, -0.25) is 19.9 Å². The molecule has 160 valence electrons. The molecule has 0 aliphatic rings. The Bertz CT molecular complexity index is 1240. The van der Waals surface area contributed by atoms with Crippen LogP contribution in [0.25, 0.3) is 16.9 Å². The van der Waals surface area contributed by atoms with Gasteiger partial charge in [-0.2, -0.15) is 5.10 Å². The summed E-state index contributed by atoms with van der Waals surface area (Å²) in [7, 11) is 1.59. The summed E-state index contributed by atoms with van der Waals surface area (Å²) in [5.41, 5.74) is 3.09. The SMILES string of the molecule is COc1ccc(-c2cc(C(=O)NCc3ccncc3)n(-c3ccc([N+](=O)[O-])cc3)n2)cc1.